The molecule has 0 radical (unpaired) electrons. The predicted octanol–water partition coefficient (Wildman–Crippen LogP) is 2.35. The maximum Gasteiger partial charge on any atom is 0.222 e. The third-order valence-corrected chi connectivity index (χ3v) is 3.83. The normalized spacial score (nSPS) is 26.2. The fraction of sp³-hybridized carbons (Fsp3) is 0.714. The number of anilines is 1. The first-order valence-electron chi connectivity index (χ1n) is 7.19. The van der Waals surface area contributed by atoms with Crippen LogP contribution in [0.5, 0.6) is 0 Å². The van der Waals surface area contributed by atoms with Gasteiger partial charge < -0.3 is 14.8 Å². The standard InChI is InChI=1S/C14H21N3O2/c1-2-4-7-14(6-3-1)18-11-12(19-14)10-17-13-15-8-5-9-16-13/h5,8-9,12H,1-4,6-7,10-11H2,(H,15,16,17). The first-order chi connectivity index (χ1) is 9.36. The first kappa shape index (κ1) is 12.8. The molecule has 1 N–H and O–H groups in total. The fourth-order valence-corrected chi connectivity index (χ4v) is 2.84. The van der Waals surface area contributed by atoms with Crippen LogP contribution in [0.2, 0.25) is 0 Å². The van der Waals surface area contributed by atoms with E-state index < -0.39 is 0 Å². The molecule has 1 aromatic rings. The first-order valence-corrected chi connectivity index (χ1v) is 7.19. The Morgan fingerprint density at radius 3 is 2.63 bits per heavy atom. The molecule has 5 heteroatoms. The van der Waals surface area contributed by atoms with E-state index in [1.165, 1.54) is 25.7 Å². The van der Waals surface area contributed by atoms with Crippen molar-refractivity contribution in [2.24, 2.45) is 0 Å². The van der Waals surface area contributed by atoms with Crippen LogP contribution in [-0.4, -0.2) is 35.0 Å². The molecule has 0 amide bonds. The lowest BCUT2D eigenvalue weighted by molar-refractivity contribution is -0.174. The van der Waals surface area contributed by atoms with E-state index in [-0.39, 0.29) is 11.9 Å². The average Bonchev–Trinajstić information content (AvgIpc) is 2.70. The van der Waals surface area contributed by atoms with Gasteiger partial charge in [-0.15, -0.1) is 0 Å². The number of nitrogens with one attached hydrogen (secondary N) is 1. The van der Waals surface area contributed by atoms with Crippen molar-refractivity contribution < 1.29 is 9.47 Å². The summed E-state index contributed by atoms with van der Waals surface area (Å²) in [4.78, 5) is 8.28. The second-order valence-corrected chi connectivity index (χ2v) is 5.33. The summed E-state index contributed by atoms with van der Waals surface area (Å²) in [6, 6.07) is 1.81. The number of hydrogen-bond donors (Lipinski definition) is 1. The summed E-state index contributed by atoms with van der Waals surface area (Å²) in [5.41, 5.74) is 0. The van der Waals surface area contributed by atoms with E-state index in [9.17, 15) is 0 Å². The van der Waals surface area contributed by atoms with Crippen LogP contribution >= 0.6 is 0 Å². The van der Waals surface area contributed by atoms with Crippen LogP contribution in [0.3, 0.4) is 0 Å². The minimum absolute atomic E-state index is 0.0990. The molecule has 1 saturated carbocycles. The maximum atomic E-state index is 6.15. The molecule has 104 valence electrons. The van der Waals surface area contributed by atoms with Crippen molar-refractivity contribution in [1.29, 1.82) is 0 Å². The van der Waals surface area contributed by atoms with Crippen molar-refractivity contribution in [2.75, 3.05) is 18.5 Å². The van der Waals surface area contributed by atoms with Crippen molar-refractivity contribution in [1.82, 2.24) is 9.97 Å². The molecule has 3 rings (SSSR count). The van der Waals surface area contributed by atoms with Crippen LogP contribution in [0.4, 0.5) is 5.95 Å². The lowest BCUT2D eigenvalue weighted by Gasteiger charge is -2.26. The van der Waals surface area contributed by atoms with Gasteiger partial charge in [-0.25, -0.2) is 9.97 Å². The Morgan fingerprint density at radius 1 is 1.16 bits per heavy atom. The van der Waals surface area contributed by atoms with E-state index >= 15 is 0 Å². The van der Waals surface area contributed by atoms with Crippen LogP contribution < -0.4 is 5.32 Å². The van der Waals surface area contributed by atoms with Gasteiger partial charge in [-0.05, 0) is 18.9 Å². The van der Waals surface area contributed by atoms with Crippen LogP contribution in [0, 0.1) is 0 Å². The molecule has 1 aliphatic carbocycles. The average molecular weight is 263 g/mol. The summed E-state index contributed by atoms with van der Waals surface area (Å²) >= 11 is 0. The van der Waals surface area contributed by atoms with E-state index in [2.05, 4.69) is 15.3 Å². The molecule has 0 bridgehead atoms. The van der Waals surface area contributed by atoms with Gasteiger partial charge in [-0.3, -0.25) is 0 Å². The van der Waals surface area contributed by atoms with Gasteiger partial charge in [0.2, 0.25) is 5.95 Å². The molecule has 1 spiro atoms. The fourth-order valence-electron chi connectivity index (χ4n) is 2.84. The zero-order chi connectivity index (χ0) is 13.0. The SMILES string of the molecule is c1cnc(NCC2COC3(CCCCCC3)O2)nc1. The topological polar surface area (TPSA) is 56.3 Å². The van der Waals surface area contributed by atoms with E-state index in [4.69, 9.17) is 9.47 Å². The Morgan fingerprint density at radius 2 is 1.89 bits per heavy atom. The number of rotatable bonds is 3. The molecule has 1 saturated heterocycles. The van der Waals surface area contributed by atoms with Gasteiger partial charge in [0.25, 0.3) is 0 Å². The summed E-state index contributed by atoms with van der Waals surface area (Å²) < 4.78 is 12.1. The predicted molar refractivity (Wildman–Crippen MR) is 71.8 cm³/mol. The molecule has 1 atom stereocenters. The van der Waals surface area contributed by atoms with E-state index in [1.807, 2.05) is 0 Å². The smallest absolute Gasteiger partial charge is 0.222 e. The Balaban J connectivity index is 1.51. The van der Waals surface area contributed by atoms with Crippen LogP contribution in [0.25, 0.3) is 0 Å². The van der Waals surface area contributed by atoms with E-state index in [1.54, 1.807) is 18.5 Å². The quantitative estimate of drug-likeness (QED) is 0.907. The lowest BCUT2D eigenvalue weighted by atomic mass is 10.1. The Hall–Kier alpha value is -1.20. The van der Waals surface area contributed by atoms with Crippen molar-refractivity contribution in [3.8, 4) is 0 Å². The molecule has 1 aliphatic heterocycles. The third-order valence-electron chi connectivity index (χ3n) is 3.83. The van der Waals surface area contributed by atoms with Gasteiger partial charge in [0.15, 0.2) is 5.79 Å². The van der Waals surface area contributed by atoms with Crippen LogP contribution in [0.1, 0.15) is 38.5 Å². The van der Waals surface area contributed by atoms with Gasteiger partial charge in [-0.1, -0.05) is 12.8 Å². The molecular formula is C14H21N3O2. The van der Waals surface area contributed by atoms with E-state index in [0.29, 0.717) is 19.1 Å². The Bertz CT molecular complexity index is 391. The highest BCUT2D eigenvalue weighted by atomic mass is 16.7. The molecule has 0 aromatic carbocycles. The van der Waals surface area contributed by atoms with Crippen molar-refractivity contribution >= 4 is 5.95 Å². The summed E-state index contributed by atoms with van der Waals surface area (Å²) in [7, 11) is 0. The van der Waals surface area contributed by atoms with Gasteiger partial charge in [0, 0.05) is 31.8 Å². The number of ether oxygens (including phenoxy) is 2. The number of nitrogens with zero attached hydrogens (tertiary/aromatic N) is 2. The van der Waals surface area contributed by atoms with Gasteiger partial charge in [0.05, 0.1) is 6.61 Å². The lowest BCUT2D eigenvalue weighted by Crippen LogP contribution is -2.31. The van der Waals surface area contributed by atoms with Crippen molar-refractivity contribution in [3.63, 3.8) is 0 Å². The molecule has 19 heavy (non-hydrogen) atoms. The highest BCUT2D eigenvalue weighted by Crippen LogP contribution is 2.36. The highest BCUT2D eigenvalue weighted by molar-refractivity contribution is 5.22. The zero-order valence-corrected chi connectivity index (χ0v) is 11.2. The van der Waals surface area contributed by atoms with Crippen LogP contribution in [-0.2, 0) is 9.47 Å². The maximum absolute atomic E-state index is 6.15. The largest absolute Gasteiger partial charge is 0.352 e. The van der Waals surface area contributed by atoms with Gasteiger partial charge in [0.1, 0.15) is 6.10 Å². The molecule has 2 fully saturated rings. The van der Waals surface area contributed by atoms with Crippen molar-refractivity contribution in [2.45, 2.75) is 50.4 Å². The monoisotopic (exact) mass is 263 g/mol. The number of hydrogen-bond acceptors (Lipinski definition) is 5. The number of aromatic nitrogens is 2. The minimum Gasteiger partial charge on any atom is -0.352 e. The molecular weight excluding hydrogens is 242 g/mol. The van der Waals surface area contributed by atoms with Gasteiger partial charge in [-0.2, -0.15) is 0 Å². The summed E-state index contributed by atoms with van der Waals surface area (Å²) in [6.07, 6.45) is 10.6. The Labute approximate surface area is 113 Å². The molecule has 1 unspecified atom stereocenters. The third kappa shape index (κ3) is 3.22. The Kier molecular flexibility index (Phi) is 3.94. The molecule has 2 heterocycles. The molecule has 2 aliphatic rings. The van der Waals surface area contributed by atoms with E-state index in [0.717, 1.165) is 12.8 Å². The second-order valence-electron chi connectivity index (χ2n) is 5.33. The summed E-state index contributed by atoms with van der Waals surface area (Å²) in [5, 5.41) is 3.20. The molecule has 5 nitrogen and oxygen atoms in total. The molecule has 1 aromatic heterocycles. The summed E-state index contributed by atoms with van der Waals surface area (Å²) in [6.45, 7) is 1.37. The van der Waals surface area contributed by atoms with Crippen molar-refractivity contribution in [3.05, 3.63) is 18.5 Å². The zero-order valence-electron chi connectivity index (χ0n) is 11.2. The van der Waals surface area contributed by atoms with Crippen LogP contribution in [0.15, 0.2) is 18.5 Å². The highest BCUT2D eigenvalue weighted by Gasteiger charge is 2.41. The summed E-state index contributed by atoms with van der Waals surface area (Å²) in [5.74, 6) is 0.341. The van der Waals surface area contributed by atoms with Gasteiger partial charge >= 0.3 is 0 Å². The minimum atomic E-state index is -0.305. The second kappa shape index (κ2) is 5.84.